The fraction of sp³-hybridized carbons (Fsp3) is 0.636. The van der Waals surface area contributed by atoms with Crippen LogP contribution in [0.4, 0.5) is 11.6 Å². The Morgan fingerprint density at radius 2 is 2.06 bits per heavy atom. The quantitative estimate of drug-likeness (QED) is 0.667. The zero-order valence-electron chi connectivity index (χ0n) is 10.2. The molecular formula is C11H16N4O2S. The molecule has 0 amide bonds. The monoisotopic (exact) mass is 268 g/mol. The van der Waals surface area contributed by atoms with Crippen LogP contribution in [0.2, 0.25) is 0 Å². The van der Waals surface area contributed by atoms with Crippen LogP contribution in [0.25, 0.3) is 0 Å². The number of rotatable bonds is 4. The summed E-state index contributed by atoms with van der Waals surface area (Å²) in [5, 5.41) is 14.4. The Labute approximate surface area is 110 Å². The van der Waals surface area contributed by atoms with Gasteiger partial charge < -0.3 is 5.32 Å². The van der Waals surface area contributed by atoms with Crippen molar-refractivity contribution >= 4 is 23.4 Å². The van der Waals surface area contributed by atoms with Crippen LogP contribution >= 0.6 is 11.8 Å². The summed E-state index contributed by atoms with van der Waals surface area (Å²) >= 11 is 1.85. The van der Waals surface area contributed by atoms with Crippen molar-refractivity contribution in [3.05, 3.63) is 22.5 Å². The Kier molecular flexibility index (Phi) is 4.35. The van der Waals surface area contributed by atoms with E-state index >= 15 is 0 Å². The van der Waals surface area contributed by atoms with Gasteiger partial charge in [0.25, 0.3) is 0 Å². The summed E-state index contributed by atoms with van der Waals surface area (Å²) in [6.07, 6.45) is 9.38. The van der Waals surface area contributed by atoms with Gasteiger partial charge in [-0.3, -0.25) is 10.1 Å². The lowest BCUT2D eigenvalue weighted by Gasteiger charge is -2.30. The van der Waals surface area contributed by atoms with Crippen LogP contribution in [0.3, 0.4) is 0 Å². The molecule has 0 aliphatic heterocycles. The van der Waals surface area contributed by atoms with Crippen LogP contribution in [0.5, 0.6) is 0 Å². The molecule has 1 N–H and O–H groups in total. The van der Waals surface area contributed by atoms with E-state index in [0.29, 0.717) is 17.2 Å². The summed E-state index contributed by atoms with van der Waals surface area (Å²) in [4.78, 5) is 18.0. The van der Waals surface area contributed by atoms with Crippen molar-refractivity contribution in [2.45, 2.75) is 37.0 Å². The first-order chi connectivity index (χ1) is 8.70. The van der Waals surface area contributed by atoms with E-state index in [4.69, 9.17) is 0 Å². The van der Waals surface area contributed by atoms with Crippen molar-refractivity contribution in [2.75, 3.05) is 11.6 Å². The average molecular weight is 268 g/mol. The molecule has 1 fully saturated rings. The molecule has 0 saturated heterocycles. The molecule has 1 aromatic rings. The van der Waals surface area contributed by atoms with Crippen molar-refractivity contribution < 1.29 is 4.92 Å². The maximum Gasteiger partial charge on any atom is 0.305 e. The minimum absolute atomic E-state index is 0.0781. The van der Waals surface area contributed by atoms with Gasteiger partial charge in [0, 0.05) is 11.3 Å². The number of aromatic nitrogens is 2. The minimum Gasteiger partial charge on any atom is -0.350 e. The second kappa shape index (κ2) is 5.99. The Balaban J connectivity index is 2.01. The number of nitro groups is 1. The summed E-state index contributed by atoms with van der Waals surface area (Å²) in [6, 6.07) is 0.357. The summed E-state index contributed by atoms with van der Waals surface area (Å²) in [6.45, 7) is 0. The highest BCUT2D eigenvalue weighted by molar-refractivity contribution is 7.99. The average Bonchev–Trinajstić information content (AvgIpc) is 2.40. The van der Waals surface area contributed by atoms with Crippen LogP contribution in [-0.4, -0.2) is 32.4 Å². The molecule has 1 aromatic heterocycles. The highest BCUT2D eigenvalue weighted by Crippen LogP contribution is 2.28. The molecule has 98 valence electrons. The predicted octanol–water partition coefficient (Wildman–Crippen LogP) is 2.47. The van der Waals surface area contributed by atoms with Crippen LogP contribution in [0.15, 0.2) is 12.4 Å². The third-order valence-electron chi connectivity index (χ3n) is 3.17. The third-order valence-corrected chi connectivity index (χ3v) is 4.34. The fourth-order valence-electron chi connectivity index (χ4n) is 2.20. The minimum atomic E-state index is -0.491. The lowest BCUT2D eigenvalue weighted by Crippen LogP contribution is -2.34. The first kappa shape index (κ1) is 13.1. The summed E-state index contributed by atoms with van der Waals surface area (Å²) in [5.41, 5.74) is -0.0781. The first-order valence-electron chi connectivity index (χ1n) is 5.96. The van der Waals surface area contributed by atoms with Crippen LogP contribution in [0.1, 0.15) is 25.7 Å². The van der Waals surface area contributed by atoms with Crippen LogP contribution < -0.4 is 5.32 Å². The van der Waals surface area contributed by atoms with Crippen LogP contribution in [-0.2, 0) is 0 Å². The van der Waals surface area contributed by atoms with E-state index in [9.17, 15) is 10.1 Å². The van der Waals surface area contributed by atoms with Gasteiger partial charge in [0.1, 0.15) is 12.4 Å². The number of anilines is 1. The molecule has 0 aromatic carbocycles. The van der Waals surface area contributed by atoms with E-state index in [1.54, 1.807) is 0 Å². The summed E-state index contributed by atoms with van der Waals surface area (Å²) < 4.78 is 0. The standard InChI is InChI=1S/C11H16N4O2S/c1-18-10-5-3-2-4-9(10)14-11-12-6-8(7-13-11)15(16)17/h6-7,9-10H,2-5H2,1H3,(H,12,13,14). The zero-order valence-corrected chi connectivity index (χ0v) is 11.0. The van der Waals surface area contributed by atoms with Gasteiger partial charge in [-0.25, -0.2) is 9.97 Å². The molecule has 1 heterocycles. The fourth-order valence-corrected chi connectivity index (χ4v) is 3.13. The number of nitrogens with zero attached hydrogens (tertiary/aromatic N) is 3. The Hall–Kier alpha value is -1.37. The Morgan fingerprint density at radius 1 is 1.39 bits per heavy atom. The van der Waals surface area contributed by atoms with Gasteiger partial charge in [-0.1, -0.05) is 12.8 Å². The molecule has 1 saturated carbocycles. The normalized spacial score (nSPS) is 23.6. The lowest BCUT2D eigenvalue weighted by molar-refractivity contribution is -0.385. The maximum atomic E-state index is 10.5. The van der Waals surface area contributed by atoms with Gasteiger partial charge in [-0.15, -0.1) is 0 Å². The predicted molar refractivity (Wildman–Crippen MR) is 71.9 cm³/mol. The first-order valence-corrected chi connectivity index (χ1v) is 7.25. The molecule has 0 radical (unpaired) electrons. The molecule has 2 rings (SSSR count). The van der Waals surface area contributed by atoms with Crippen molar-refractivity contribution in [3.63, 3.8) is 0 Å². The summed E-state index contributed by atoms with van der Waals surface area (Å²) in [7, 11) is 0. The van der Waals surface area contributed by atoms with E-state index in [-0.39, 0.29) is 5.69 Å². The molecule has 0 spiro atoms. The topological polar surface area (TPSA) is 81.0 Å². The van der Waals surface area contributed by atoms with E-state index < -0.39 is 4.92 Å². The number of nitrogens with one attached hydrogen (secondary N) is 1. The van der Waals surface area contributed by atoms with Gasteiger partial charge in [0.15, 0.2) is 0 Å². The van der Waals surface area contributed by atoms with Gasteiger partial charge in [0.2, 0.25) is 5.95 Å². The molecule has 2 unspecified atom stereocenters. The second-order valence-electron chi connectivity index (χ2n) is 4.33. The van der Waals surface area contributed by atoms with Crippen LogP contribution in [0, 0.1) is 10.1 Å². The van der Waals surface area contributed by atoms with Crippen molar-refractivity contribution in [1.82, 2.24) is 9.97 Å². The largest absolute Gasteiger partial charge is 0.350 e. The molecule has 18 heavy (non-hydrogen) atoms. The molecule has 7 heteroatoms. The SMILES string of the molecule is CSC1CCCCC1Nc1ncc([N+](=O)[O-])cn1. The maximum absolute atomic E-state index is 10.5. The van der Waals surface area contributed by atoms with E-state index in [2.05, 4.69) is 21.5 Å². The number of hydrogen-bond donors (Lipinski definition) is 1. The molecular weight excluding hydrogens is 252 g/mol. The molecule has 1 aliphatic rings. The lowest BCUT2D eigenvalue weighted by atomic mass is 9.95. The third kappa shape index (κ3) is 3.10. The zero-order chi connectivity index (χ0) is 13.0. The molecule has 6 nitrogen and oxygen atoms in total. The molecule has 0 bridgehead atoms. The summed E-state index contributed by atoms with van der Waals surface area (Å²) in [5.74, 6) is 0.478. The van der Waals surface area contributed by atoms with Crippen molar-refractivity contribution in [1.29, 1.82) is 0 Å². The van der Waals surface area contributed by atoms with E-state index in [1.165, 1.54) is 31.7 Å². The van der Waals surface area contributed by atoms with Gasteiger partial charge in [0.05, 0.1) is 4.92 Å². The highest BCUT2D eigenvalue weighted by atomic mass is 32.2. The van der Waals surface area contributed by atoms with Gasteiger partial charge in [-0.2, -0.15) is 11.8 Å². The van der Waals surface area contributed by atoms with E-state index in [0.717, 1.165) is 6.42 Å². The van der Waals surface area contributed by atoms with Crippen molar-refractivity contribution in [3.8, 4) is 0 Å². The second-order valence-corrected chi connectivity index (χ2v) is 5.41. The van der Waals surface area contributed by atoms with E-state index in [1.807, 2.05) is 11.8 Å². The van der Waals surface area contributed by atoms with Gasteiger partial charge >= 0.3 is 5.69 Å². The Morgan fingerprint density at radius 3 is 2.67 bits per heavy atom. The molecule has 2 atom stereocenters. The highest BCUT2D eigenvalue weighted by Gasteiger charge is 2.24. The number of hydrogen-bond acceptors (Lipinski definition) is 6. The molecule has 1 aliphatic carbocycles. The Bertz CT molecular complexity index is 412. The van der Waals surface area contributed by atoms with Gasteiger partial charge in [-0.05, 0) is 19.1 Å². The van der Waals surface area contributed by atoms with Crippen molar-refractivity contribution in [2.24, 2.45) is 0 Å². The smallest absolute Gasteiger partial charge is 0.305 e. The number of thioether (sulfide) groups is 1.